The van der Waals surface area contributed by atoms with E-state index in [0.29, 0.717) is 5.56 Å². The largest absolute Gasteiger partial charge is 0.416 e. The predicted octanol–water partition coefficient (Wildman–Crippen LogP) is 1.97. The number of fused-ring (bicyclic) bond motifs is 2. The van der Waals surface area contributed by atoms with E-state index < -0.39 is 42.1 Å². The van der Waals surface area contributed by atoms with E-state index in [9.17, 15) is 27.6 Å². The summed E-state index contributed by atoms with van der Waals surface area (Å²) in [6.45, 7) is -0.484. The van der Waals surface area contributed by atoms with E-state index in [4.69, 9.17) is 5.11 Å². The third-order valence-electron chi connectivity index (χ3n) is 5.46. The van der Waals surface area contributed by atoms with Gasteiger partial charge >= 0.3 is 6.18 Å². The minimum absolute atomic E-state index is 0.0502. The van der Waals surface area contributed by atoms with Crippen molar-refractivity contribution in [3.05, 3.63) is 53.6 Å². The number of carbonyl (C=O) groups is 3. The van der Waals surface area contributed by atoms with Crippen molar-refractivity contribution in [2.24, 2.45) is 0 Å². The highest BCUT2D eigenvalue weighted by Crippen LogP contribution is 2.34. The van der Waals surface area contributed by atoms with E-state index in [0.717, 1.165) is 12.1 Å². The topological polar surface area (TPSA) is 90.0 Å². The van der Waals surface area contributed by atoms with Crippen LogP contribution in [-0.4, -0.2) is 64.9 Å². The second-order valence-electron chi connectivity index (χ2n) is 7.34. The molecule has 0 radical (unpaired) electrons. The minimum atomic E-state index is -4.50. The predicted molar refractivity (Wildman–Crippen MR) is 104 cm³/mol. The molecule has 2 aliphatic rings. The Balaban J connectivity index is 1.69. The van der Waals surface area contributed by atoms with Crippen molar-refractivity contribution in [3.63, 3.8) is 0 Å². The van der Waals surface area contributed by atoms with E-state index in [1.54, 1.807) is 0 Å². The molecule has 2 N–H and O–H groups in total. The van der Waals surface area contributed by atoms with Crippen molar-refractivity contribution >= 4 is 23.4 Å². The molecule has 31 heavy (non-hydrogen) atoms. The van der Waals surface area contributed by atoms with Gasteiger partial charge in [0.25, 0.3) is 5.91 Å². The normalized spacial score (nSPS) is 18.8. The summed E-state index contributed by atoms with van der Waals surface area (Å²) in [7, 11) is 0. The van der Waals surface area contributed by atoms with Crippen molar-refractivity contribution in [2.75, 3.05) is 31.6 Å². The Morgan fingerprint density at radius 3 is 2.55 bits per heavy atom. The summed E-state index contributed by atoms with van der Waals surface area (Å²) in [4.78, 5) is 40.3. The first-order valence-corrected chi connectivity index (χ1v) is 9.51. The quantitative estimate of drug-likeness (QED) is 0.758. The van der Waals surface area contributed by atoms with Gasteiger partial charge < -0.3 is 20.2 Å². The maximum atomic E-state index is 13.2. The summed E-state index contributed by atoms with van der Waals surface area (Å²) in [6, 6.07) is 8.32. The summed E-state index contributed by atoms with van der Waals surface area (Å²) >= 11 is 0. The van der Waals surface area contributed by atoms with Crippen LogP contribution >= 0.6 is 0 Å². The SMILES string of the molecule is O=C1Nc2ccc(-c3cccc(C(F)(F)F)c3)cc2C(=O)N2CCN(C(=O)CO)CC12. The van der Waals surface area contributed by atoms with E-state index in [2.05, 4.69) is 5.32 Å². The van der Waals surface area contributed by atoms with Crippen LogP contribution in [0.1, 0.15) is 15.9 Å². The minimum Gasteiger partial charge on any atom is -0.387 e. The molecular formula is C21H18F3N3O4. The van der Waals surface area contributed by atoms with Gasteiger partial charge in [-0.25, -0.2) is 0 Å². The average molecular weight is 433 g/mol. The molecule has 162 valence electrons. The molecule has 2 aliphatic heterocycles. The molecule has 1 saturated heterocycles. The lowest BCUT2D eigenvalue weighted by atomic mass is 9.99. The Kier molecular flexibility index (Phi) is 5.18. The average Bonchev–Trinajstić information content (AvgIpc) is 2.86. The number of nitrogens with zero attached hydrogens (tertiary/aromatic N) is 2. The van der Waals surface area contributed by atoms with Gasteiger partial charge in [0.15, 0.2) is 0 Å². The van der Waals surface area contributed by atoms with E-state index in [-0.39, 0.29) is 36.4 Å². The zero-order valence-electron chi connectivity index (χ0n) is 16.1. The van der Waals surface area contributed by atoms with Crippen LogP contribution in [0, 0.1) is 0 Å². The Hall–Kier alpha value is -3.40. The summed E-state index contributed by atoms with van der Waals surface area (Å²) in [6.07, 6.45) is -4.50. The fourth-order valence-corrected chi connectivity index (χ4v) is 3.83. The highest BCUT2D eigenvalue weighted by molar-refractivity contribution is 6.10. The van der Waals surface area contributed by atoms with Gasteiger partial charge in [0.1, 0.15) is 12.6 Å². The summed E-state index contributed by atoms with van der Waals surface area (Å²) < 4.78 is 39.2. The number of anilines is 1. The van der Waals surface area contributed by atoms with Gasteiger partial charge in [0.2, 0.25) is 11.8 Å². The number of nitrogens with one attached hydrogen (secondary N) is 1. The summed E-state index contributed by atoms with van der Waals surface area (Å²) in [5.74, 6) is -1.47. The number of alkyl halides is 3. The third-order valence-corrected chi connectivity index (χ3v) is 5.46. The van der Waals surface area contributed by atoms with E-state index in [1.165, 1.54) is 40.1 Å². The van der Waals surface area contributed by atoms with Gasteiger partial charge in [-0.1, -0.05) is 18.2 Å². The number of hydrogen-bond acceptors (Lipinski definition) is 4. The molecule has 0 aromatic heterocycles. The third kappa shape index (κ3) is 3.86. The first-order valence-electron chi connectivity index (χ1n) is 9.51. The molecule has 2 aromatic rings. The zero-order valence-corrected chi connectivity index (χ0v) is 16.1. The lowest BCUT2D eigenvalue weighted by molar-refractivity contribution is -0.139. The Morgan fingerprint density at radius 2 is 1.84 bits per heavy atom. The van der Waals surface area contributed by atoms with Crippen molar-refractivity contribution in [2.45, 2.75) is 12.2 Å². The second kappa shape index (κ2) is 7.69. The van der Waals surface area contributed by atoms with Crippen LogP contribution in [0.4, 0.5) is 18.9 Å². The first kappa shape index (κ1) is 20.9. The molecule has 0 aliphatic carbocycles. The number of rotatable bonds is 2. The number of carbonyl (C=O) groups excluding carboxylic acids is 3. The molecule has 3 amide bonds. The maximum Gasteiger partial charge on any atom is 0.416 e. The smallest absolute Gasteiger partial charge is 0.387 e. The molecular weight excluding hydrogens is 415 g/mol. The van der Waals surface area contributed by atoms with Crippen molar-refractivity contribution in [3.8, 4) is 11.1 Å². The van der Waals surface area contributed by atoms with Crippen LogP contribution in [0.5, 0.6) is 0 Å². The number of hydrogen-bond donors (Lipinski definition) is 2. The molecule has 2 heterocycles. The van der Waals surface area contributed by atoms with Gasteiger partial charge in [-0.05, 0) is 35.4 Å². The lowest BCUT2D eigenvalue weighted by Crippen LogP contribution is -2.59. The Labute approximate surface area is 175 Å². The van der Waals surface area contributed by atoms with Crippen LogP contribution in [0.3, 0.4) is 0 Å². The molecule has 0 saturated carbocycles. The molecule has 1 atom stereocenters. The van der Waals surface area contributed by atoms with Gasteiger partial charge in [0, 0.05) is 13.1 Å². The van der Waals surface area contributed by atoms with E-state index in [1.807, 2.05) is 0 Å². The van der Waals surface area contributed by atoms with Crippen molar-refractivity contribution in [1.29, 1.82) is 0 Å². The monoisotopic (exact) mass is 433 g/mol. The Morgan fingerprint density at radius 1 is 1.10 bits per heavy atom. The van der Waals surface area contributed by atoms with E-state index >= 15 is 0 Å². The van der Waals surface area contributed by atoms with Crippen LogP contribution < -0.4 is 5.32 Å². The van der Waals surface area contributed by atoms with Gasteiger partial charge in [0.05, 0.1) is 23.4 Å². The molecule has 4 rings (SSSR count). The summed E-state index contributed by atoms with van der Waals surface area (Å²) in [5.41, 5.74) is 0.299. The number of aliphatic hydroxyl groups excluding tert-OH is 1. The number of benzene rings is 2. The van der Waals surface area contributed by atoms with Crippen LogP contribution in [-0.2, 0) is 15.8 Å². The van der Waals surface area contributed by atoms with Crippen LogP contribution in [0.2, 0.25) is 0 Å². The van der Waals surface area contributed by atoms with Crippen LogP contribution in [0.15, 0.2) is 42.5 Å². The molecule has 7 nitrogen and oxygen atoms in total. The fourth-order valence-electron chi connectivity index (χ4n) is 3.83. The first-order chi connectivity index (χ1) is 14.7. The van der Waals surface area contributed by atoms with Gasteiger partial charge in [-0.15, -0.1) is 0 Å². The molecule has 1 unspecified atom stereocenters. The fraction of sp³-hybridized carbons (Fsp3) is 0.286. The standard InChI is InChI=1S/C21H18F3N3O4/c22-21(23,24)14-3-1-2-12(8-14)13-4-5-16-15(9-13)20(31)27-7-6-26(18(29)11-28)10-17(27)19(30)25-16/h1-5,8-9,17,28H,6-7,10-11H2,(H,25,30). The number of piperazine rings is 1. The molecule has 2 aromatic carbocycles. The molecule has 0 spiro atoms. The number of amides is 3. The van der Waals surface area contributed by atoms with Crippen LogP contribution in [0.25, 0.3) is 11.1 Å². The summed E-state index contributed by atoms with van der Waals surface area (Å²) in [5, 5.41) is 11.7. The zero-order chi connectivity index (χ0) is 22.3. The highest BCUT2D eigenvalue weighted by atomic mass is 19.4. The van der Waals surface area contributed by atoms with Crippen molar-refractivity contribution in [1.82, 2.24) is 9.80 Å². The molecule has 0 bridgehead atoms. The van der Waals surface area contributed by atoms with Gasteiger partial charge in [-0.2, -0.15) is 13.2 Å². The van der Waals surface area contributed by atoms with Gasteiger partial charge in [-0.3, -0.25) is 14.4 Å². The maximum absolute atomic E-state index is 13.2. The Bertz CT molecular complexity index is 1070. The second-order valence-corrected chi connectivity index (χ2v) is 7.34. The molecule has 10 heteroatoms. The molecule has 1 fully saturated rings. The lowest BCUT2D eigenvalue weighted by Gasteiger charge is -2.39. The number of halogens is 3. The number of aliphatic hydroxyl groups is 1. The highest BCUT2D eigenvalue weighted by Gasteiger charge is 2.40. The van der Waals surface area contributed by atoms with Crippen molar-refractivity contribution < 1.29 is 32.7 Å².